The lowest BCUT2D eigenvalue weighted by atomic mass is 9.90. The van der Waals surface area contributed by atoms with Gasteiger partial charge in [-0.3, -0.25) is 9.59 Å². The minimum absolute atomic E-state index is 0.0152. The molecule has 1 aromatic carbocycles. The van der Waals surface area contributed by atoms with E-state index in [4.69, 9.17) is 5.73 Å². The van der Waals surface area contributed by atoms with E-state index in [9.17, 15) is 9.59 Å². The molecule has 0 saturated carbocycles. The number of rotatable bonds is 8. The number of carbonyl (C=O) groups excluding carboxylic acids is 2. The van der Waals surface area contributed by atoms with Crippen LogP contribution in [0.1, 0.15) is 38.2 Å². The molecule has 1 aliphatic rings. The molecule has 0 fully saturated rings. The monoisotopic (exact) mass is 412 g/mol. The van der Waals surface area contributed by atoms with Crippen molar-refractivity contribution < 1.29 is 9.59 Å². The molecule has 1 unspecified atom stereocenters. The standard InChI is InChI=1S/C20H24N6O2S/c1-11(2)15-10-16(27)12(3)19(18(15)28)29-9-8-22-17(20-23-25-26-24-20)13-4-6-14(21)7-5-13/h4-7,10-11,17,22H,8-9,21H2,1-3H3,(H,23,24,25,26). The molecular formula is C20H24N6O2S. The molecule has 0 spiro atoms. The predicted molar refractivity (Wildman–Crippen MR) is 113 cm³/mol. The Kier molecular flexibility index (Phi) is 6.60. The summed E-state index contributed by atoms with van der Waals surface area (Å²) in [6.07, 6.45) is 1.47. The second-order valence-corrected chi connectivity index (χ2v) is 8.18. The number of Topliss-reactive ketones (excluding diaryl/α,β-unsaturated/α-hetero) is 1. The van der Waals surface area contributed by atoms with Crippen LogP contribution in [0, 0.1) is 5.92 Å². The number of hydrogen-bond donors (Lipinski definition) is 3. The number of ketones is 2. The van der Waals surface area contributed by atoms with Crippen molar-refractivity contribution in [2.45, 2.75) is 26.8 Å². The number of H-pyrrole nitrogens is 1. The van der Waals surface area contributed by atoms with E-state index in [1.807, 2.05) is 38.1 Å². The normalized spacial score (nSPS) is 15.8. The van der Waals surface area contributed by atoms with Crippen molar-refractivity contribution in [1.82, 2.24) is 25.9 Å². The minimum Gasteiger partial charge on any atom is -0.399 e. The summed E-state index contributed by atoms with van der Waals surface area (Å²) in [6, 6.07) is 7.19. The summed E-state index contributed by atoms with van der Waals surface area (Å²) in [4.78, 5) is 25.5. The van der Waals surface area contributed by atoms with Gasteiger partial charge in [-0.25, -0.2) is 0 Å². The maximum Gasteiger partial charge on any atom is 0.196 e. The highest BCUT2D eigenvalue weighted by Gasteiger charge is 2.28. The number of aromatic amines is 1. The molecule has 8 nitrogen and oxygen atoms in total. The molecule has 29 heavy (non-hydrogen) atoms. The average Bonchev–Trinajstić information content (AvgIpc) is 3.22. The van der Waals surface area contributed by atoms with E-state index in [0.717, 1.165) is 5.56 Å². The van der Waals surface area contributed by atoms with Crippen LogP contribution in [-0.4, -0.2) is 44.5 Å². The van der Waals surface area contributed by atoms with Crippen molar-refractivity contribution in [2.75, 3.05) is 18.0 Å². The van der Waals surface area contributed by atoms with Gasteiger partial charge in [0, 0.05) is 29.1 Å². The highest BCUT2D eigenvalue weighted by Crippen LogP contribution is 2.31. The van der Waals surface area contributed by atoms with E-state index < -0.39 is 0 Å². The molecule has 1 aliphatic carbocycles. The Morgan fingerprint density at radius 3 is 2.55 bits per heavy atom. The number of benzene rings is 1. The molecule has 152 valence electrons. The summed E-state index contributed by atoms with van der Waals surface area (Å²) in [5, 5.41) is 17.7. The molecule has 1 aromatic heterocycles. The molecule has 0 radical (unpaired) electrons. The van der Waals surface area contributed by atoms with E-state index in [1.165, 1.54) is 17.8 Å². The van der Waals surface area contributed by atoms with Crippen LogP contribution in [0.5, 0.6) is 0 Å². The van der Waals surface area contributed by atoms with Crippen LogP contribution in [0.15, 0.2) is 46.4 Å². The van der Waals surface area contributed by atoms with Crippen LogP contribution in [0.2, 0.25) is 0 Å². The number of allylic oxidation sites excluding steroid dienone is 4. The second kappa shape index (κ2) is 9.15. The lowest BCUT2D eigenvalue weighted by Crippen LogP contribution is -2.26. The van der Waals surface area contributed by atoms with Crippen LogP contribution in [0.4, 0.5) is 5.69 Å². The Morgan fingerprint density at radius 2 is 1.93 bits per heavy atom. The number of nitrogens with two attached hydrogens (primary N) is 1. The second-order valence-electron chi connectivity index (χ2n) is 7.07. The fraction of sp³-hybridized carbons (Fsp3) is 0.350. The van der Waals surface area contributed by atoms with Crippen LogP contribution in [0.3, 0.4) is 0 Å². The van der Waals surface area contributed by atoms with Gasteiger partial charge in [0.1, 0.15) is 0 Å². The van der Waals surface area contributed by atoms with Gasteiger partial charge < -0.3 is 11.1 Å². The molecule has 2 aromatic rings. The van der Waals surface area contributed by atoms with Crippen molar-refractivity contribution in [3.63, 3.8) is 0 Å². The van der Waals surface area contributed by atoms with Gasteiger partial charge in [0.15, 0.2) is 17.4 Å². The van der Waals surface area contributed by atoms with Crippen molar-refractivity contribution >= 4 is 29.0 Å². The topological polar surface area (TPSA) is 127 Å². The fourth-order valence-electron chi connectivity index (χ4n) is 3.03. The van der Waals surface area contributed by atoms with Crippen LogP contribution in [0.25, 0.3) is 0 Å². The van der Waals surface area contributed by atoms with Crippen molar-refractivity contribution in [1.29, 1.82) is 0 Å². The van der Waals surface area contributed by atoms with Crippen molar-refractivity contribution in [3.05, 3.63) is 57.8 Å². The number of tetrazole rings is 1. The summed E-state index contributed by atoms with van der Waals surface area (Å²) >= 11 is 1.40. The zero-order valence-corrected chi connectivity index (χ0v) is 17.4. The number of thioether (sulfide) groups is 1. The molecule has 9 heteroatoms. The average molecular weight is 413 g/mol. The molecule has 4 N–H and O–H groups in total. The first-order chi connectivity index (χ1) is 13.9. The summed E-state index contributed by atoms with van der Waals surface area (Å²) in [6.45, 7) is 6.13. The lowest BCUT2D eigenvalue weighted by molar-refractivity contribution is -0.115. The Balaban J connectivity index is 1.66. The van der Waals surface area contributed by atoms with Crippen LogP contribution < -0.4 is 11.1 Å². The molecule has 0 saturated heterocycles. The number of nitrogens with zero attached hydrogens (tertiary/aromatic N) is 3. The smallest absolute Gasteiger partial charge is 0.196 e. The van der Waals surface area contributed by atoms with E-state index in [2.05, 4.69) is 25.9 Å². The third kappa shape index (κ3) is 4.80. The van der Waals surface area contributed by atoms with E-state index in [0.29, 0.717) is 39.9 Å². The van der Waals surface area contributed by atoms with Crippen molar-refractivity contribution in [2.24, 2.45) is 5.92 Å². The first-order valence-corrected chi connectivity index (χ1v) is 10.3. The highest BCUT2D eigenvalue weighted by atomic mass is 32.2. The molecule has 0 aliphatic heterocycles. The third-order valence-electron chi connectivity index (χ3n) is 4.67. The Hall–Kier alpha value is -2.78. The molecule has 1 heterocycles. The molecule has 3 rings (SSSR count). The maximum absolute atomic E-state index is 12.7. The van der Waals surface area contributed by atoms with E-state index in [-0.39, 0.29) is 23.5 Å². The van der Waals surface area contributed by atoms with Gasteiger partial charge in [-0.2, -0.15) is 5.21 Å². The third-order valence-corrected chi connectivity index (χ3v) is 5.86. The zero-order chi connectivity index (χ0) is 21.0. The first-order valence-electron chi connectivity index (χ1n) is 9.35. The minimum atomic E-state index is -0.264. The first kappa shape index (κ1) is 20.9. The summed E-state index contributed by atoms with van der Waals surface area (Å²) in [5.74, 6) is 1.01. The van der Waals surface area contributed by atoms with Gasteiger partial charge >= 0.3 is 0 Å². The van der Waals surface area contributed by atoms with Gasteiger partial charge in [-0.1, -0.05) is 31.2 Å². The van der Waals surface area contributed by atoms with Gasteiger partial charge in [-0.05, 0) is 36.6 Å². The van der Waals surface area contributed by atoms with Crippen LogP contribution in [-0.2, 0) is 9.59 Å². The Labute approximate surface area is 173 Å². The van der Waals surface area contributed by atoms with E-state index >= 15 is 0 Å². The molecular weight excluding hydrogens is 388 g/mol. The number of anilines is 1. The Morgan fingerprint density at radius 1 is 1.21 bits per heavy atom. The number of aromatic nitrogens is 4. The predicted octanol–water partition coefficient (Wildman–Crippen LogP) is 2.20. The number of nitrogen functional groups attached to an aromatic ring is 1. The van der Waals surface area contributed by atoms with Crippen molar-refractivity contribution in [3.8, 4) is 0 Å². The fourth-order valence-corrected chi connectivity index (χ4v) is 4.02. The number of hydrogen-bond acceptors (Lipinski definition) is 8. The van der Waals surface area contributed by atoms with Gasteiger partial charge in [0.25, 0.3) is 0 Å². The van der Waals surface area contributed by atoms with Crippen LogP contribution >= 0.6 is 11.8 Å². The maximum atomic E-state index is 12.7. The number of nitrogens with one attached hydrogen (secondary N) is 2. The molecule has 0 amide bonds. The van der Waals surface area contributed by atoms with Gasteiger partial charge in [-0.15, -0.1) is 22.0 Å². The van der Waals surface area contributed by atoms with Gasteiger partial charge in [0.05, 0.1) is 10.9 Å². The number of carbonyl (C=O) groups is 2. The summed E-state index contributed by atoms with van der Waals surface area (Å²) in [5.41, 5.74) is 8.49. The summed E-state index contributed by atoms with van der Waals surface area (Å²) < 4.78 is 0. The van der Waals surface area contributed by atoms with Gasteiger partial charge in [0.2, 0.25) is 0 Å². The quantitative estimate of drug-likeness (QED) is 0.342. The highest BCUT2D eigenvalue weighted by molar-refractivity contribution is 8.04. The largest absolute Gasteiger partial charge is 0.399 e. The Bertz CT molecular complexity index is 948. The molecule has 1 atom stereocenters. The molecule has 0 bridgehead atoms. The zero-order valence-electron chi connectivity index (χ0n) is 16.6. The SMILES string of the molecule is CC1=C(SCCNC(c2ccc(N)cc2)c2nn[nH]n2)C(=O)C(C(C)C)=CC1=O. The lowest BCUT2D eigenvalue weighted by Gasteiger charge is -2.20. The van der Waals surface area contributed by atoms with E-state index in [1.54, 1.807) is 6.92 Å². The summed E-state index contributed by atoms with van der Waals surface area (Å²) in [7, 11) is 0.